The molecular weight excluding hydrogens is 1700 g/mol. The summed E-state index contributed by atoms with van der Waals surface area (Å²) in [6, 6.07) is 154. The molecule has 3 heterocycles. The van der Waals surface area contributed by atoms with Crippen LogP contribution >= 0.6 is 85.2 Å². The van der Waals surface area contributed by atoms with E-state index in [2.05, 4.69) is 331 Å². The Balaban J connectivity index is 0.000000137. The largest absolute Gasteiger partial charge is 0.309 e. The molecule has 0 aliphatic heterocycles. The number of fused-ring (bicyclic) bond motifs is 9. The van der Waals surface area contributed by atoms with E-state index in [9.17, 15) is 0 Å². The third kappa shape index (κ3) is 16.4. The predicted octanol–water partition coefficient (Wildman–Crippen LogP) is 24.1. The Kier molecular flexibility index (Phi) is 25.5. The molecule has 0 amide bonds. The summed E-state index contributed by atoms with van der Waals surface area (Å²) in [5, 5.41) is 32.1. The number of hydrogen-bond donors (Lipinski definition) is 2. The fraction of sp³-hybridized carbons (Fsp3) is 0.00971. The number of nitrogens with zero attached hydrogens (tertiary/aromatic N) is 3. The summed E-state index contributed by atoms with van der Waals surface area (Å²) < 4.78 is 40.0. The molecule has 0 unspecified atom stereocenters. The van der Waals surface area contributed by atoms with E-state index in [1.54, 1.807) is 0 Å². The van der Waals surface area contributed by atoms with Crippen molar-refractivity contribution in [3.05, 3.63) is 452 Å². The number of aromatic nitrogens is 3. The molecule has 3 aromatic heterocycles. The highest BCUT2D eigenvalue weighted by molar-refractivity contribution is 9.10. The van der Waals surface area contributed by atoms with Crippen LogP contribution < -0.4 is 63.7 Å². The average molecular weight is 1780 g/mol. The van der Waals surface area contributed by atoms with Gasteiger partial charge in [0, 0.05) is 90.2 Å². The Morgan fingerprint density at radius 3 is 0.669 bits per heavy atom. The van der Waals surface area contributed by atoms with E-state index in [0.29, 0.717) is 0 Å². The zero-order valence-electron chi connectivity index (χ0n) is 63.7. The summed E-state index contributed by atoms with van der Waals surface area (Å²) >= 11 is 16.7. The SMILES string of the molecule is Brc1ccc2c(c1)c1cc(Br)ccc1n2-c1ccccc1.ClCCl.O=P(c1ccccc1)(c1ccccc1)c1ccc2c(c1)c1cc(P(=O)(c3ccccc3)c3ccccc3)ccc1n2-c1ccccc1.OO.c1ccc(-n2c3ccc(P(c4ccccc4)c4ccccc4)cc3c3cc(P(c4ccccc4)c4ccccc4)ccc32)cc1. The predicted molar refractivity (Wildman–Crippen MR) is 516 cm³/mol. The van der Waals surface area contributed by atoms with Crippen molar-refractivity contribution < 1.29 is 19.6 Å². The van der Waals surface area contributed by atoms with Crippen LogP contribution in [0.3, 0.4) is 0 Å². The molecule has 7 nitrogen and oxygen atoms in total. The van der Waals surface area contributed by atoms with Crippen molar-refractivity contribution in [2.45, 2.75) is 0 Å². The lowest BCUT2D eigenvalue weighted by Gasteiger charge is -2.20. The van der Waals surface area contributed by atoms with Crippen molar-refractivity contribution in [3.63, 3.8) is 0 Å². The summed E-state index contributed by atoms with van der Waals surface area (Å²) in [5.41, 5.74) is 10.3. The van der Waals surface area contributed by atoms with Gasteiger partial charge in [-0.2, -0.15) is 0 Å². The van der Waals surface area contributed by atoms with Crippen LogP contribution in [0.25, 0.3) is 82.5 Å². The van der Waals surface area contributed by atoms with Gasteiger partial charge in [-0.3, -0.25) is 10.5 Å². The van der Waals surface area contributed by atoms with Gasteiger partial charge in [-0.15, -0.1) is 23.2 Å². The van der Waals surface area contributed by atoms with E-state index in [-0.39, 0.29) is 5.34 Å². The quantitative estimate of drug-likeness (QED) is 0.0463. The lowest BCUT2D eigenvalue weighted by atomic mass is 10.1. The maximum absolute atomic E-state index is 15.4. The Morgan fingerprint density at radius 1 is 0.229 bits per heavy atom. The topological polar surface area (TPSA) is 89.4 Å². The van der Waals surface area contributed by atoms with Gasteiger partial charge < -0.3 is 22.8 Å². The van der Waals surface area contributed by atoms with Crippen molar-refractivity contribution in [2.75, 3.05) is 5.34 Å². The number of hydrogen-bond acceptors (Lipinski definition) is 4. The lowest BCUT2D eigenvalue weighted by Crippen LogP contribution is -2.25. The second kappa shape index (κ2) is 37.3. The van der Waals surface area contributed by atoms with Gasteiger partial charge in [-0.1, -0.05) is 341 Å². The fourth-order valence-electron chi connectivity index (χ4n) is 15.9. The number of halogens is 4. The molecule has 0 bridgehead atoms. The van der Waals surface area contributed by atoms with E-state index in [1.165, 1.54) is 86.8 Å². The highest BCUT2D eigenvalue weighted by Gasteiger charge is 2.34. The van der Waals surface area contributed by atoms with Gasteiger partial charge in [-0.25, -0.2) is 0 Å². The second-order valence-corrected chi connectivity index (χ2v) is 40.4. The van der Waals surface area contributed by atoms with E-state index in [0.717, 1.165) is 68.3 Å². The zero-order chi connectivity index (χ0) is 81.0. The minimum Gasteiger partial charge on any atom is -0.309 e. The smallest absolute Gasteiger partial charge is 0.171 e. The molecule has 20 aromatic rings. The molecule has 20 rings (SSSR count). The van der Waals surface area contributed by atoms with Crippen LogP contribution in [0.1, 0.15) is 0 Å². The maximum Gasteiger partial charge on any atom is 0.171 e. The van der Waals surface area contributed by atoms with Crippen LogP contribution in [0.15, 0.2) is 452 Å². The molecule has 0 aliphatic rings. The van der Waals surface area contributed by atoms with Gasteiger partial charge in [0.1, 0.15) is 0 Å². The minimum absolute atomic E-state index is 0.194. The first-order chi connectivity index (χ1) is 58.1. The van der Waals surface area contributed by atoms with E-state index in [1.807, 2.05) is 158 Å². The minimum atomic E-state index is -3.23. The molecule has 15 heteroatoms. The van der Waals surface area contributed by atoms with Crippen LogP contribution in [0, 0.1) is 0 Å². The number of benzene rings is 17. The monoisotopic (exact) mass is 1770 g/mol. The van der Waals surface area contributed by atoms with Crippen LogP contribution in [0.2, 0.25) is 0 Å². The van der Waals surface area contributed by atoms with Crippen molar-refractivity contribution in [2.24, 2.45) is 0 Å². The summed E-state index contributed by atoms with van der Waals surface area (Å²) in [6.45, 7) is 0. The molecule has 0 saturated heterocycles. The van der Waals surface area contributed by atoms with E-state index in [4.69, 9.17) is 33.7 Å². The van der Waals surface area contributed by atoms with Crippen LogP contribution in [-0.2, 0) is 9.13 Å². The first kappa shape index (κ1) is 80.7. The molecule has 0 spiro atoms. The molecule has 0 saturated carbocycles. The highest BCUT2D eigenvalue weighted by Crippen LogP contribution is 2.48. The van der Waals surface area contributed by atoms with Gasteiger partial charge in [0.25, 0.3) is 0 Å². The zero-order valence-corrected chi connectivity index (χ0v) is 72.0. The molecule has 2 N–H and O–H groups in total. The second-order valence-electron chi connectivity index (χ2n) is 27.8. The van der Waals surface area contributed by atoms with Crippen molar-refractivity contribution in [1.29, 1.82) is 0 Å². The van der Waals surface area contributed by atoms with Gasteiger partial charge in [0.2, 0.25) is 0 Å². The lowest BCUT2D eigenvalue weighted by molar-refractivity contribution is -0.176. The number of rotatable bonds is 15. The molecule has 17 aromatic carbocycles. The number of alkyl halides is 2. The van der Waals surface area contributed by atoms with Crippen LogP contribution in [0.4, 0.5) is 0 Å². The van der Waals surface area contributed by atoms with Crippen molar-refractivity contribution in [3.8, 4) is 17.1 Å². The van der Waals surface area contributed by atoms with E-state index < -0.39 is 30.1 Å². The molecule has 118 heavy (non-hydrogen) atoms. The highest BCUT2D eigenvalue weighted by atomic mass is 79.9. The Hall–Kier alpha value is -11.1. The molecule has 576 valence electrons. The molecular formula is C103H77Br2Cl2N3O4P4. The van der Waals surface area contributed by atoms with Crippen LogP contribution in [0.5, 0.6) is 0 Å². The van der Waals surface area contributed by atoms with Crippen molar-refractivity contribution in [1.82, 2.24) is 13.7 Å². The summed E-state index contributed by atoms with van der Waals surface area (Å²) in [5.74, 6) is 0. The molecule has 0 radical (unpaired) electrons. The van der Waals surface area contributed by atoms with Gasteiger partial charge in [-0.05, 0) is 181 Å². The summed E-state index contributed by atoms with van der Waals surface area (Å²) in [7, 11) is -7.89. The first-order valence-corrected chi connectivity index (χ1v) is 47.1. The number of para-hydroxylation sites is 3. The van der Waals surface area contributed by atoms with Gasteiger partial charge in [0.05, 0.1) is 38.4 Å². The normalized spacial score (nSPS) is 11.4. The van der Waals surface area contributed by atoms with Gasteiger partial charge >= 0.3 is 0 Å². The Morgan fingerprint density at radius 2 is 0.424 bits per heavy atom. The Labute approximate surface area is 715 Å². The van der Waals surface area contributed by atoms with Crippen LogP contribution in [-0.4, -0.2) is 29.6 Å². The third-order valence-electron chi connectivity index (χ3n) is 21.0. The average Bonchev–Trinajstić information content (AvgIpc) is 1.47. The van der Waals surface area contributed by atoms with Crippen molar-refractivity contribution >= 4 is 214 Å². The Bertz CT molecular complexity index is 6390. The fourth-order valence-corrected chi connectivity index (χ4v) is 26.6. The third-order valence-corrected chi connectivity index (χ3v) is 32.9. The molecule has 0 aliphatic carbocycles. The maximum atomic E-state index is 15.4. The molecule has 0 atom stereocenters. The summed E-state index contributed by atoms with van der Waals surface area (Å²) in [4.78, 5) is 0. The first-order valence-electron chi connectivity index (χ1n) is 38.4. The van der Waals surface area contributed by atoms with E-state index >= 15 is 9.13 Å². The summed E-state index contributed by atoms with van der Waals surface area (Å²) in [6.07, 6.45) is 0. The van der Waals surface area contributed by atoms with Gasteiger partial charge in [0.15, 0.2) is 14.3 Å². The molecule has 0 fully saturated rings. The standard InChI is InChI=1S/C42H31NO2P2.C42H31NP2.C18H11Br2N.CH2Cl2.H2O2/c44-46(33-18-8-2-9-19-33,34-20-10-3-11-21-34)37-26-28-41-39(30-37)40-31-38(27-29-42(40)43(41)32-16-6-1-7-17-32)47(45,35-22-12-4-13-23-35)36-24-14-5-15-25-36;1-6-16-32(17-7-1)43-41-28-26-37(44(33-18-8-2-9-19-33)34-20-10-3-11-21-34)30-39(41)40-31-38(27-29-42(40)43)45(35-22-12-4-13-23-35)36-24-14-5-15-25-36;19-12-6-8-17-15(10-12)16-11-13(20)7-9-18(16)21(17)14-4-2-1-3-5-14;2-1-3;1-2/h1-31H;1-31H;1-11H;1H2;1-2H.